The molecule has 0 aliphatic carbocycles. The summed E-state index contributed by atoms with van der Waals surface area (Å²) in [5, 5.41) is 9.64. The lowest BCUT2D eigenvalue weighted by molar-refractivity contribution is 0.0677. The van der Waals surface area contributed by atoms with E-state index in [9.17, 15) is 4.79 Å². The van der Waals surface area contributed by atoms with Crippen molar-refractivity contribution in [1.82, 2.24) is 9.47 Å². The average Bonchev–Trinajstić information content (AvgIpc) is 2.72. The van der Waals surface area contributed by atoms with Gasteiger partial charge < -0.3 is 14.6 Å². The third-order valence-corrected chi connectivity index (χ3v) is 3.56. The number of carboxylic acids is 1. The molecule has 1 atom stereocenters. The second kappa shape index (κ2) is 5.10. The maximum atomic E-state index is 11.1. The zero-order chi connectivity index (χ0) is 12.4. The van der Waals surface area contributed by atoms with Gasteiger partial charge in [0.15, 0.2) is 0 Å². The van der Waals surface area contributed by atoms with E-state index in [4.69, 9.17) is 16.7 Å². The summed E-state index contributed by atoms with van der Waals surface area (Å²) >= 11 is 5.90. The van der Waals surface area contributed by atoms with Gasteiger partial charge in [0.05, 0.1) is 5.02 Å². The van der Waals surface area contributed by atoms with E-state index in [1.807, 2.05) is 4.57 Å². The highest BCUT2D eigenvalue weighted by Gasteiger charge is 2.24. The van der Waals surface area contributed by atoms with Crippen molar-refractivity contribution >= 4 is 17.6 Å². The van der Waals surface area contributed by atoms with Gasteiger partial charge in [-0.1, -0.05) is 18.5 Å². The maximum absolute atomic E-state index is 11.1. The Morgan fingerprint density at radius 2 is 2.41 bits per heavy atom. The SMILES string of the molecule is CCN1CCCC(n2cc(Cl)cc2C(=O)O)C1. The zero-order valence-electron chi connectivity index (χ0n) is 9.90. The summed E-state index contributed by atoms with van der Waals surface area (Å²) < 4.78 is 1.81. The van der Waals surface area contributed by atoms with E-state index < -0.39 is 5.97 Å². The third-order valence-electron chi connectivity index (χ3n) is 3.36. The van der Waals surface area contributed by atoms with Gasteiger partial charge in [-0.25, -0.2) is 4.79 Å². The van der Waals surface area contributed by atoms with E-state index >= 15 is 0 Å². The molecule has 1 aromatic rings. The molecule has 4 nitrogen and oxygen atoms in total. The standard InChI is InChI=1S/C12H17ClN2O2/c1-2-14-5-3-4-10(8-14)15-7-9(13)6-11(15)12(16)17/h6-7,10H,2-5,8H2,1H3,(H,16,17). The van der Waals surface area contributed by atoms with Gasteiger partial charge in [-0.2, -0.15) is 0 Å². The van der Waals surface area contributed by atoms with E-state index in [0.717, 1.165) is 32.5 Å². The first kappa shape index (κ1) is 12.5. The summed E-state index contributed by atoms with van der Waals surface area (Å²) in [7, 11) is 0. The fourth-order valence-electron chi connectivity index (χ4n) is 2.46. The summed E-state index contributed by atoms with van der Waals surface area (Å²) in [4.78, 5) is 13.5. The highest BCUT2D eigenvalue weighted by molar-refractivity contribution is 6.30. The quantitative estimate of drug-likeness (QED) is 0.904. The fourth-order valence-corrected chi connectivity index (χ4v) is 2.67. The number of carboxylic acid groups (broad SMARTS) is 1. The Morgan fingerprint density at radius 1 is 1.65 bits per heavy atom. The van der Waals surface area contributed by atoms with Gasteiger partial charge in [-0.15, -0.1) is 0 Å². The molecule has 1 aliphatic heterocycles. The van der Waals surface area contributed by atoms with Crippen molar-refractivity contribution < 1.29 is 9.90 Å². The monoisotopic (exact) mass is 256 g/mol. The van der Waals surface area contributed by atoms with Gasteiger partial charge in [0, 0.05) is 18.8 Å². The van der Waals surface area contributed by atoms with E-state index in [0.29, 0.717) is 5.02 Å². The molecule has 1 fully saturated rings. The number of hydrogen-bond donors (Lipinski definition) is 1. The molecule has 0 bridgehead atoms. The molecule has 1 saturated heterocycles. The molecule has 1 aromatic heterocycles. The van der Waals surface area contributed by atoms with Crippen LogP contribution >= 0.6 is 11.6 Å². The van der Waals surface area contributed by atoms with Crippen LogP contribution in [0, 0.1) is 0 Å². The molecule has 94 valence electrons. The van der Waals surface area contributed by atoms with Gasteiger partial charge >= 0.3 is 5.97 Å². The molecule has 1 aliphatic rings. The highest BCUT2D eigenvalue weighted by atomic mass is 35.5. The molecule has 0 saturated carbocycles. The van der Waals surface area contributed by atoms with Gasteiger partial charge in [-0.05, 0) is 32.0 Å². The molecule has 0 aromatic carbocycles. The number of nitrogens with zero attached hydrogens (tertiary/aromatic N) is 2. The van der Waals surface area contributed by atoms with Crippen LogP contribution in [-0.2, 0) is 0 Å². The zero-order valence-corrected chi connectivity index (χ0v) is 10.7. The van der Waals surface area contributed by atoms with Crippen LogP contribution in [0.4, 0.5) is 0 Å². The number of rotatable bonds is 3. The summed E-state index contributed by atoms with van der Waals surface area (Å²) in [6.45, 7) is 5.14. The lowest BCUT2D eigenvalue weighted by atomic mass is 10.1. The summed E-state index contributed by atoms with van der Waals surface area (Å²) in [6, 6.07) is 1.75. The second-order valence-corrected chi connectivity index (χ2v) is 4.88. The number of halogens is 1. The normalized spacial score (nSPS) is 21.6. The van der Waals surface area contributed by atoms with Crippen LogP contribution < -0.4 is 0 Å². The van der Waals surface area contributed by atoms with Crippen LogP contribution in [0.5, 0.6) is 0 Å². The molecule has 1 unspecified atom stereocenters. The molecule has 5 heteroatoms. The number of likely N-dealkylation sites (N-methyl/N-ethyl adjacent to an activating group) is 1. The van der Waals surface area contributed by atoms with E-state index in [1.54, 1.807) is 6.20 Å². The predicted molar refractivity (Wildman–Crippen MR) is 66.8 cm³/mol. The van der Waals surface area contributed by atoms with Crippen molar-refractivity contribution in [3.63, 3.8) is 0 Å². The van der Waals surface area contributed by atoms with Crippen LogP contribution in [-0.4, -0.2) is 40.2 Å². The lowest BCUT2D eigenvalue weighted by Gasteiger charge is -2.33. The van der Waals surface area contributed by atoms with E-state index in [1.165, 1.54) is 6.07 Å². The Morgan fingerprint density at radius 3 is 3.06 bits per heavy atom. The topological polar surface area (TPSA) is 45.5 Å². The molecular formula is C12H17ClN2O2. The summed E-state index contributed by atoms with van der Waals surface area (Å²) in [6.07, 6.45) is 3.85. The van der Waals surface area contributed by atoms with Gasteiger partial charge in [0.25, 0.3) is 0 Å². The largest absolute Gasteiger partial charge is 0.477 e. The second-order valence-electron chi connectivity index (χ2n) is 4.45. The molecular weight excluding hydrogens is 240 g/mol. The smallest absolute Gasteiger partial charge is 0.352 e. The van der Waals surface area contributed by atoms with E-state index in [2.05, 4.69) is 11.8 Å². The number of hydrogen-bond acceptors (Lipinski definition) is 2. The Kier molecular flexibility index (Phi) is 3.74. The molecule has 1 N–H and O–H groups in total. The van der Waals surface area contributed by atoms with Crippen LogP contribution in [0.2, 0.25) is 5.02 Å². The van der Waals surface area contributed by atoms with Crippen LogP contribution in [0.25, 0.3) is 0 Å². The van der Waals surface area contributed by atoms with Crippen LogP contribution in [0.3, 0.4) is 0 Å². The Labute approximate surface area is 106 Å². The molecule has 2 heterocycles. The van der Waals surface area contributed by atoms with Crippen molar-refractivity contribution in [2.75, 3.05) is 19.6 Å². The molecule has 2 rings (SSSR count). The van der Waals surface area contributed by atoms with Crippen molar-refractivity contribution in [1.29, 1.82) is 0 Å². The van der Waals surface area contributed by atoms with Crippen LogP contribution in [0.1, 0.15) is 36.3 Å². The van der Waals surface area contributed by atoms with Crippen molar-refractivity contribution in [3.8, 4) is 0 Å². The Balaban J connectivity index is 2.23. The summed E-state index contributed by atoms with van der Waals surface area (Å²) in [5.74, 6) is -0.912. The first-order chi connectivity index (χ1) is 8.11. The van der Waals surface area contributed by atoms with Gasteiger partial charge in [0.1, 0.15) is 5.69 Å². The van der Waals surface area contributed by atoms with Crippen molar-refractivity contribution in [2.45, 2.75) is 25.8 Å². The minimum absolute atomic E-state index is 0.224. The van der Waals surface area contributed by atoms with Crippen LogP contribution in [0.15, 0.2) is 12.3 Å². The first-order valence-corrected chi connectivity index (χ1v) is 6.32. The molecule has 0 amide bonds. The first-order valence-electron chi connectivity index (χ1n) is 5.95. The number of likely N-dealkylation sites (tertiary alicyclic amines) is 1. The Bertz CT molecular complexity index is 417. The highest BCUT2D eigenvalue weighted by Crippen LogP contribution is 2.26. The minimum atomic E-state index is -0.912. The summed E-state index contributed by atoms with van der Waals surface area (Å²) in [5.41, 5.74) is 0.290. The average molecular weight is 257 g/mol. The predicted octanol–water partition coefficient (Wildman–Crippen LogP) is 2.50. The number of piperidine rings is 1. The minimum Gasteiger partial charge on any atom is -0.477 e. The maximum Gasteiger partial charge on any atom is 0.352 e. The van der Waals surface area contributed by atoms with Crippen molar-refractivity contribution in [3.05, 3.63) is 23.0 Å². The number of carbonyl (C=O) groups is 1. The fraction of sp³-hybridized carbons (Fsp3) is 0.583. The Hall–Kier alpha value is -1.00. The number of aromatic carboxylic acids is 1. The molecule has 17 heavy (non-hydrogen) atoms. The lowest BCUT2D eigenvalue weighted by Crippen LogP contribution is -2.36. The van der Waals surface area contributed by atoms with Gasteiger partial charge in [-0.3, -0.25) is 0 Å². The third kappa shape index (κ3) is 2.64. The van der Waals surface area contributed by atoms with E-state index in [-0.39, 0.29) is 11.7 Å². The number of aromatic nitrogens is 1. The molecule has 0 spiro atoms. The van der Waals surface area contributed by atoms with Crippen molar-refractivity contribution in [2.24, 2.45) is 0 Å². The van der Waals surface area contributed by atoms with Gasteiger partial charge in [0.2, 0.25) is 0 Å². The molecule has 0 radical (unpaired) electrons.